The van der Waals surface area contributed by atoms with Gasteiger partial charge in [-0.2, -0.15) is 0 Å². The van der Waals surface area contributed by atoms with E-state index in [0.717, 1.165) is 11.1 Å². The van der Waals surface area contributed by atoms with Gasteiger partial charge in [0.2, 0.25) is 29.5 Å². The van der Waals surface area contributed by atoms with E-state index in [9.17, 15) is 33.6 Å². The molecule has 3 rings (SSSR count). The Morgan fingerprint density at radius 3 is 2.09 bits per heavy atom. The van der Waals surface area contributed by atoms with Crippen LogP contribution in [0, 0.1) is 16.7 Å². The number of benzene rings is 2. The van der Waals surface area contributed by atoms with Crippen LogP contribution in [0.15, 0.2) is 54.6 Å². The third-order valence-electron chi connectivity index (χ3n) is 8.81. The number of hydrogen-bond acceptors (Lipinski definition) is 8. The van der Waals surface area contributed by atoms with Crippen LogP contribution in [0.5, 0.6) is 0 Å². The van der Waals surface area contributed by atoms with E-state index < -0.39 is 47.2 Å². The fourth-order valence-electron chi connectivity index (χ4n) is 5.66. The van der Waals surface area contributed by atoms with Gasteiger partial charge in [-0.05, 0) is 68.7 Å². The summed E-state index contributed by atoms with van der Waals surface area (Å²) < 4.78 is 5.36. The standard InChI is InChI=1S/C39H54N6O8/c1-38(2,3)28-23-32(47)45(35(28)50)21-11-15-31(46)43-30(22-25-12-8-7-9-13-25)34(49)44-29(14-10-20-41-37(40)52)33(48)42-27-18-16-26(17-19-27)24-53-36(51)39(4,5)6/h7-9,12-13,16-19,28-30H,10-11,14-15,20-24H2,1-6H3,(H,42,48)(H,43,46)(H,44,49)(H3,40,41,52)/t28?,29-,30+/m0/s1. The Balaban J connectivity index is 1.69. The minimum atomic E-state index is -1.06. The van der Waals surface area contributed by atoms with Gasteiger partial charge in [-0.1, -0.05) is 63.2 Å². The summed E-state index contributed by atoms with van der Waals surface area (Å²) in [5, 5.41) is 10.8. The summed E-state index contributed by atoms with van der Waals surface area (Å²) in [6, 6.07) is 13.0. The number of ether oxygens (including phenoxy) is 1. The van der Waals surface area contributed by atoms with E-state index in [1.165, 1.54) is 4.90 Å². The number of carbonyl (C=O) groups excluding carboxylic acids is 7. The quantitative estimate of drug-likeness (QED) is 0.0921. The molecule has 1 aliphatic rings. The maximum absolute atomic E-state index is 13.8. The number of hydrogen-bond donors (Lipinski definition) is 5. The Morgan fingerprint density at radius 1 is 0.849 bits per heavy atom. The number of anilines is 1. The topological polar surface area (TPSA) is 206 Å². The predicted molar refractivity (Wildman–Crippen MR) is 199 cm³/mol. The molecule has 53 heavy (non-hydrogen) atoms. The summed E-state index contributed by atoms with van der Waals surface area (Å²) in [5.41, 5.74) is 6.11. The second-order valence-electron chi connectivity index (χ2n) is 15.4. The van der Waals surface area contributed by atoms with Crippen molar-refractivity contribution in [1.82, 2.24) is 20.9 Å². The van der Waals surface area contributed by atoms with Gasteiger partial charge in [0.25, 0.3) is 0 Å². The highest BCUT2D eigenvalue weighted by Gasteiger charge is 2.44. The van der Waals surface area contributed by atoms with Gasteiger partial charge in [-0.25, -0.2) is 4.79 Å². The number of likely N-dealkylation sites (tertiary alicyclic amines) is 1. The molecule has 0 saturated carbocycles. The average molecular weight is 735 g/mol. The average Bonchev–Trinajstić information content (AvgIpc) is 3.38. The molecule has 288 valence electrons. The summed E-state index contributed by atoms with van der Waals surface area (Å²) in [6.45, 7) is 11.4. The van der Waals surface area contributed by atoms with E-state index in [1.54, 1.807) is 45.0 Å². The van der Waals surface area contributed by atoms with Gasteiger partial charge in [0.1, 0.15) is 18.7 Å². The lowest BCUT2D eigenvalue weighted by molar-refractivity contribution is -0.154. The Hall–Kier alpha value is -5.27. The molecule has 0 bridgehead atoms. The van der Waals surface area contributed by atoms with Crippen molar-refractivity contribution in [2.75, 3.05) is 18.4 Å². The number of primary amides is 1. The second-order valence-corrected chi connectivity index (χ2v) is 15.4. The molecule has 2 aromatic rings. The largest absolute Gasteiger partial charge is 0.460 e. The third-order valence-corrected chi connectivity index (χ3v) is 8.81. The number of imide groups is 1. The first-order valence-corrected chi connectivity index (χ1v) is 17.9. The van der Waals surface area contributed by atoms with E-state index in [-0.39, 0.29) is 75.0 Å². The zero-order chi connectivity index (χ0) is 39.3. The molecule has 6 N–H and O–H groups in total. The summed E-state index contributed by atoms with van der Waals surface area (Å²) in [7, 11) is 0. The van der Waals surface area contributed by atoms with Gasteiger partial charge >= 0.3 is 12.0 Å². The lowest BCUT2D eigenvalue weighted by Crippen LogP contribution is -2.53. The summed E-state index contributed by atoms with van der Waals surface area (Å²) >= 11 is 0. The number of amides is 7. The van der Waals surface area contributed by atoms with Crippen molar-refractivity contribution >= 4 is 47.2 Å². The number of nitrogens with one attached hydrogen (secondary N) is 4. The normalized spacial score (nSPS) is 15.7. The number of rotatable bonds is 17. The SMILES string of the molecule is CC(C)(C)C(=O)OCc1ccc(NC(=O)[C@H](CCCNC(N)=O)NC(=O)[C@@H](Cc2ccccc2)NC(=O)CCCN2C(=O)CC(C(C)(C)C)C2=O)cc1. The molecule has 1 saturated heterocycles. The smallest absolute Gasteiger partial charge is 0.312 e. The zero-order valence-corrected chi connectivity index (χ0v) is 31.6. The van der Waals surface area contributed by atoms with Crippen molar-refractivity contribution < 1.29 is 38.3 Å². The molecular weight excluding hydrogens is 680 g/mol. The molecule has 0 aromatic heterocycles. The molecule has 0 radical (unpaired) electrons. The van der Waals surface area contributed by atoms with Gasteiger partial charge in [0.15, 0.2) is 0 Å². The molecule has 14 nitrogen and oxygen atoms in total. The molecule has 1 fully saturated rings. The molecule has 1 aliphatic heterocycles. The molecule has 14 heteroatoms. The van der Waals surface area contributed by atoms with Crippen molar-refractivity contribution in [3.05, 3.63) is 65.7 Å². The highest BCUT2D eigenvalue weighted by Crippen LogP contribution is 2.35. The van der Waals surface area contributed by atoms with Crippen LogP contribution in [0.3, 0.4) is 0 Å². The maximum atomic E-state index is 13.8. The molecular formula is C39H54N6O8. The maximum Gasteiger partial charge on any atom is 0.312 e. The van der Waals surface area contributed by atoms with Crippen molar-refractivity contribution in [3.63, 3.8) is 0 Å². The van der Waals surface area contributed by atoms with E-state index in [0.29, 0.717) is 12.1 Å². The second kappa shape index (κ2) is 19.0. The third kappa shape index (κ3) is 13.7. The fraction of sp³-hybridized carbons (Fsp3) is 0.513. The molecule has 0 aliphatic carbocycles. The lowest BCUT2D eigenvalue weighted by Gasteiger charge is -2.25. The monoisotopic (exact) mass is 734 g/mol. The number of nitrogens with zero attached hydrogens (tertiary/aromatic N) is 1. The number of carbonyl (C=O) groups is 7. The number of nitrogens with two attached hydrogens (primary N) is 1. The Labute approximate surface area is 311 Å². The Morgan fingerprint density at radius 2 is 1.51 bits per heavy atom. The van der Waals surface area contributed by atoms with Crippen LogP contribution >= 0.6 is 0 Å². The van der Waals surface area contributed by atoms with Crippen LogP contribution in [0.1, 0.15) is 84.8 Å². The first-order chi connectivity index (χ1) is 24.8. The Bertz CT molecular complexity index is 1610. The van der Waals surface area contributed by atoms with Crippen LogP contribution in [-0.4, -0.2) is 71.6 Å². The molecule has 0 spiro atoms. The van der Waals surface area contributed by atoms with Gasteiger partial charge in [0.05, 0.1) is 11.3 Å². The van der Waals surface area contributed by atoms with E-state index in [4.69, 9.17) is 10.5 Å². The first kappa shape index (κ1) is 42.1. The first-order valence-electron chi connectivity index (χ1n) is 17.9. The van der Waals surface area contributed by atoms with Crippen molar-refractivity contribution in [2.45, 2.75) is 98.8 Å². The van der Waals surface area contributed by atoms with E-state index in [1.807, 2.05) is 51.1 Å². The lowest BCUT2D eigenvalue weighted by atomic mass is 9.80. The van der Waals surface area contributed by atoms with Gasteiger partial charge in [0, 0.05) is 38.0 Å². The van der Waals surface area contributed by atoms with Crippen molar-refractivity contribution in [1.29, 1.82) is 0 Å². The molecule has 2 aromatic carbocycles. The van der Waals surface area contributed by atoms with Crippen LogP contribution in [0.4, 0.5) is 10.5 Å². The summed E-state index contributed by atoms with van der Waals surface area (Å²) in [4.78, 5) is 90.5. The molecule has 1 heterocycles. The predicted octanol–water partition coefficient (Wildman–Crippen LogP) is 3.58. The van der Waals surface area contributed by atoms with Gasteiger partial charge in [-0.3, -0.25) is 33.7 Å². The zero-order valence-electron chi connectivity index (χ0n) is 31.6. The summed E-state index contributed by atoms with van der Waals surface area (Å²) in [6.07, 6.45) is 0.894. The van der Waals surface area contributed by atoms with Crippen LogP contribution in [0.25, 0.3) is 0 Å². The highest BCUT2D eigenvalue weighted by atomic mass is 16.5. The van der Waals surface area contributed by atoms with Gasteiger partial charge in [-0.15, -0.1) is 0 Å². The molecule has 3 atom stereocenters. The van der Waals surface area contributed by atoms with Gasteiger partial charge < -0.3 is 31.7 Å². The highest BCUT2D eigenvalue weighted by molar-refractivity contribution is 6.04. The van der Waals surface area contributed by atoms with Crippen LogP contribution in [0.2, 0.25) is 0 Å². The molecule has 7 amide bonds. The number of esters is 1. The minimum absolute atomic E-state index is 0.0378. The van der Waals surface area contributed by atoms with Crippen molar-refractivity contribution in [2.24, 2.45) is 22.5 Å². The van der Waals surface area contributed by atoms with Crippen LogP contribution in [-0.2, 0) is 46.5 Å². The van der Waals surface area contributed by atoms with E-state index >= 15 is 0 Å². The summed E-state index contributed by atoms with van der Waals surface area (Å²) in [5.74, 6) is -2.83. The molecule has 1 unspecified atom stereocenters. The van der Waals surface area contributed by atoms with Crippen LogP contribution < -0.4 is 27.0 Å². The number of urea groups is 1. The van der Waals surface area contributed by atoms with Crippen molar-refractivity contribution in [3.8, 4) is 0 Å². The minimum Gasteiger partial charge on any atom is -0.460 e. The fourth-order valence-corrected chi connectivity index (χ4v) is 5.66. The Kier molecular flexibility index (Phi) is 15.1. The van der Waals surface area contributed by atoms with E-state index in [2.05, 4.69) is 21.3 Å².